The normalized spacial score (nSPS) is 11.3. The molecule has 0 unspecified atom stereocenters. The van der Waals surface area contributed by atoms with Gasteiger partial charge in [-0.2, -0.15) is 0 Å². The van der Waals surface area contributed by atoms with E-state index in [-0.39, 0.29) is 0 Å². The van der Waals surface area contributed by atoms with Crippen molar-refractivity contribution in [2.45, 2.75) is 81.1 Å². The van der Waals surface area contributed by atoms with E-state index in [1.54, 1.807) is 0 Å². The van der Waals surface area contributed by atoms with Gasteiger partial charge in [0.15, 0.2) is 0 Å². The Morgan fingerprint density at radius 2 is 0.596 bits per heavy atom. The van der Waals surface area contributed by atoms with Crippen molar-refractivity contribution in [3.8, 4) is 23.0 Å². The minimum absolute atomic E-state index is 0.579. The molecule has 4 aromatic carbocycles. The van der Waals surface area contributed by atoms with Crippen LogP contribution in [0.15, 0.2) is 72.8 Å². The van der Waals surface area contributed by atoms with Gasteiger partial charge in [0.25, 0.3) is 0 Å². The predicted molar refractivity (Wildman–Crippen MR) is 202 cm³/mol. The van der Waals surface area contributed by atoms with E-state index in [2.05, 4.69) is 100 Å². The van der Waals surface area contributed by atoms with Crippen LogP contribution in [0.1, 0.15) is 77.6 Å². The standard InChI is InChI=1S/C40H54O5Si2/c1-9-29-17-21-37(33(25-29)41-13-5)46(38-22-18-30(10-2)26-34(38)42-14-6)45-47(39-23-19-31(11-3)27-35(39)43-15-7)40-24-20-32(12-4)28-36(40)44-16-8/h17-28,46-47H,9-16H2,1-8H3. The molecule has 0 atom stereocenters. The maximum Gasteiger partial charge on any atom is 0.236 e. The van der Waals surface area contributed by atoms with Gasteiger partial charge in [-0.25, -0.2) is 0 Å². The molecule has 0 bridgehead atoms. The maximum absolute atomic E-state index is 7.79. The van der Waals surface area contributed by atoms with Crippen LogP contribution < -0.4 is 39.7 Å². The molecule has 252 valence electrons. The van der Waals surface area contributed by atoms with Crippen LogP contribution in [0.25, 0.3) is 0 Å². The molecular formula is C40H54O5Si2. The number of hydrogen-bond donors (Lipinski definition) is 0. The largest absolute Gasteiger partial charge is 0.494 e. The van der Waals surface area contributed by atoms with Gasteiger partial charge in [0.05, 0.1) is 26.4 Å². The molecule has 0 saturated heterocycles. The average Bonchev–Trinajstić information content (AvgIpc) is 3.10. The molecule has 0 N–H and O–H groups in total. The van der Waals surface area contributed by atoms with Crippen LogP contribution in [-0.4, -0.2) is 44.5 Å². The third-order valence-corrected chi connectivity index (χ3v) is 14.9. The van der Waals surface area contributed by atoms with E-state index in [4.69, 9.17) is 23.1 Å². The lowest BCUT2D eigenvalue weighted by Crippen LogP contribution is -2.57. The van der Waals surface area contributed by atoms with Crippen LogP contribution in [0.5, 0.6) is 23.0 Å². The summed E-state index contributed by atoms with van der Waals surface area (Å²) in [5, 5.41) is 4.49. The van der Waals surface area contributed by atoms with Crippen LogP contribution in [0.3, 0.4) is 0 Å². The fraction of sp³-hybridized carbons (Fsp3) is 0.400. The molecule has 0 spiro atoms. The van der Waals surface area contributed by atoms with Crippen LogP contribution in [0.4, 0.5) is 0 Å². The molecule has 47 heavy (non-hydrogen) atoms. The van der Waals surface area contributed by atoms with E-state index in [1.807, 2.05) is 27.7 Å². The number of rotatable bonds is 18. The van der Waals surface area contributed by atoms with Crippen LogP contribution in [-0.2, 0) is 29.8 Å². The van der Waals surface area contributed by atoms with E-state index < -0.39 is 18.1 Å². The molecule has 0 heterocycles. The molecule has 7 heteroatoms. The summed E-state index contributed by atoms with van der Waals surface area (Å²) in [5.74, 6) is 3.60. The van der Waals surface area contributed by atoms with Crippen molar-refractivity contribution in [2.24, 2.45) is 0 Å². The summed E-state index contributed by atoms with van der Waals surface area (Å²) in [6.45, 7) is 19.2. The lowest BCUT2D eigenvalue weighted by atomic mass is 10.1. The van der Waals surface area contributed by atoms with Gasteiger partial charge in [0.1, 0.15) is 23.0 Å². The number of hydrogen-bond acceptors (Lipinski definition) is 5. The fourth-order valence-electron chi connectivity index (χ4n) is 5.95. The summed E-state index contributed by atoms with van der Waals surface area (Å²) in [7, 11) is -4.95. The SMILES string of the molecule is CCOc1cc(CC)ccc1[SiH](O[SiH](c1ccc(CC)cc1OCC)c1ccc(CC)cc1OCC)c1ccc(CC)cc1OCC. The lowest BCUT2D eigenvalue weighted by molar-refractivity contribution is 0.340. The Hall–Kier alpha value is -3.53. The van der Waals surface area contributed by atoms with Crippen molar-refractivity contribution >= 4 is 38.8 Å². The summed E-state index contributed by atoms with van der Waals surface area (Å²) in [6, 6.07) is 26.6. The third-order valence-electron chi connectivity index (χ3n) is 8.55. The molecule has 4 rings (SSSR count). The van der Waals surface area contributed by atoms with Gasteiger partial charge in [-0.3, -0.25) is 0 Å². The molecule has 5 nitrogen and oxygen atoms in total. The van der Waals surface area contributed by atoms with Gasteiger partial charge >= 0.3 is 0 Å². The zero-order valence-electron chi connectivity index (χ0n) is 29.8. The monoisotopic (exact) mass is 670 g/mol. The fourth-order valence-corrected chi connectivity index (χ4v) is 12.8. The minimum atomic E-state index is -2.47. The first-order chi connectivity index (χ1) is 22.9. The summed E-state index contributed by atoms with van der Waals surface area (Å²) in [5.41, 5.74) is 4.97. The highest BCUT2D eigenvalue weighted by Crippen LogP contribution is 2.22. The predicted octanol–water partition coefficient (Wildman–Crippen LogP) is 5.92. The van der Waals surface area contributed by atoms with Crippen molar-refractivity contribution in [2.75, 3.05) is 26.4 Å². The molecule has 0 amide bonds. The van der Waals surface area contributed by atoms with Gasteiger partial charge in [-0.1, -0.05) is 76.2 Å². The Bertz CT molecular complexity index is 1360. The first-order valence-electron chi connectivity index (χ1n) is 17.6. The van der Waals surface area contributed by atoms with Crippen LogP contribution >= 0.6 is 0 Å². The average molecular weight is 671 g/mol. The lowest BCUT2D eigenvalue weighted by Gasteiger charge is -2.30. The Labute approximate surface area is 286 Å². The van der Waals surface area contributed by atoms with Crippen LogP contribution in [0, 0.1) is 0 Å². The molecule has 0 aromatic heterocycles. The molecule has 0 aliphatic rings. The molecule has 0 saturated carbocycles. The number of benzene rings is 4. The second-order valence-electron chi connectivity index (χ2n) is 11.5. The quantitative estimate of drug-likeness (QED) is 0.123. The summed E-state index contributed by atoms with van der Waals surface area (Å²) >= 11 is 0. The van der Waals surface area contributed by atoms with E-state index in [9.17, 15) is 0 Å². The Morgan fingerprint density at radius 1 is 0.362 bits per heavy atom. The van der Waals surface area contributed by atoms with Gasteiger partial charge < -0.3 is 23.1 Å². The molecule has 0 fully saturated rings. The number of aryl methyl sites for hydroxylation is 4. The number of ether oxygens (including phenoxy) is 4. The third kappa shape index (κ3) is 8.89. The second-order valence-corrected chi connectivity index (χ2v) is 16.6. The van der Waals surface area contributed by atoms with Crippen molar-refractivity contribution in [3.63, 3.8) is 0 Å². The summed E-state index contributed by atoms with van der Waals surface area (Å²) in [6.07, 6.45) is 3.73. The first kappa shape index (κ1) is 36.3. The Morgan fingerprint density at radius 3 is 0.787 bits per heavy atom. The maximum atomic E-state index is 7.79. The van der Waals surface area contributed by atoms with Gasteiger partial charge in [0.2, 0.25) is 18.1 Å². The van der Waals surface area contributed by atoms with Crippen molar-refractivity contribution in [1.29, 1.82) is 0 Å². The highest BCUT2D eigenvalue weighted by atomic mass is 28.4. The van der Waals surface area contributed by atoms with Crippen molar-refractivity contribution in [1.82, 2.24) is 0 Å². The summed E-state index contributed by atoms with van der Waals surface area (Å²) < 4.78 is 33.3. The minimum Gasteiger partial charge on any atom is -0.494 e. The second kappa shape index (κ2) is 18.1. The zero-order valence-corrected chi connectivity index (χ0v) is 32.1. The molecule has 4 aromatic rings. The topological polar surface area (TPSA) is 46.2 Å². The highest BCUT2D eigenvalue weighted by molar-refractivity contribution is 6.93. The molecule has 0 radical (unpaired) electrons. The van der Waals surface area contributed by atoms with Gasteiger partial charge in [-0.15, -0.1) is 0 Å². The van der Waals surface area contributed by atoms with Crippen molar-refractivity contribution in [3.05, 3.63) is 95.1 Å². The van der Waals surface area contributed by atoms with E-state index in [0.717, 1.165) is 69.4 Å². The van der Waals surface area contributed by atoms with Gasteiger partial charge in [0, 0.05) is 20.7 Å². The Balaban J connectivity index is 2.05. The Kier molecular flexibility index (Phi) is 14.0. The van der Waals surface area contributed by atoms with E-state index in [0.29, 0.717) is 26.4 Å². The molecule has 0 aliphatic heterocycles. The van der Waals surface area contributed by atoms with Crippen LogP contribution in [0.2, 0.25) is 0 Å². The zero-order chi connectivity index (χ0) is 33.8. The van der Waals surface area contributed by atoms with E-state index >= 15 is 0 Å². The molecular weight excluding hydrogens is 617 g/mol. The molecule has 0 aliphatic carbocycles. The van der Waals surface area contributed by atoms with Gasteiger partial charge in [-0.05, 0) is 99.9 Å². The highest BCUT2D eigenvalue weighted by Gasteiger charge is 2.34. The smallest absolute Gasteiger partial charge is 0.236 e. The van der Waals surface area contributed by atoms with Crippen molar-refractivity contribution < 1.29 is 23.1 Å². The first-order valence-corrected chi connectivity index (χ1v) is 20.9. The summed E-state index contributed by atoms with van der Waals surface area (Å²) in [4.78, 5) is 0. The van der Waals surface area contributed by atoms with E-state index in [1.165, 1.54) is 22.3 Å².